The van der Waals surface area contributed by atoms with Crippen LogP contribution in [0.2, 0.25) is 0 Å². The van der Waals surface area contributed by atoms with Crippen LogP contribution in [0.5, 0.6) is 0 Å². The maximum atomic E-state index is 5.33. The molecule has 3 nitrogen and oxygen atoms in total. The number of hydrogen-bond acceptors (Lipinski definition) is 2. The first-order valence-electron chi connectivity index (χ1n) is 5.88. The van der Waals surface area contributed by atoms with Crippen LogP contribution in [0.15, 0.2) is 30.3 Å². The molecule has 1 unspecified atom stereocenters. The Bertz CT molecular complexity index is 296. The third-order valence-corrected chi connectivity index (χ3v) is 2.96. The van der Waals surface area contributed by atoms with E-state index in [2.05, 4.69) is 41.4 Å². The van der Waals surface area contributed by atoms with E-state index in [0.717, 1.165) is 32.8 Å². The van der Waals surface area contributed by atoms with Gasteiger partial charge in [-0.05, 0) is 12.5 Å². The Labute approximate surface area is 97.4 Å². The molecule has 1 radical (unpaired) electrons. The number of rotatable bonds is 4. The minimum atomic E-state index is 0.295. The van der Waals surface area contributed by atoms with Gasteiger partial charge in [0.1, 0.15) is 0 Å². The first kappa shape index (κ1) is 11.6. The van der Waals surface area contributed by atoms with Gasteiger partial charge in [0.25, 0.3) is 0 Å². The van der Waals surface area contributed by atoms with Crippen LogP contribution in [-0.4, -0.2) is 37.4 Å². The fourth-order valence-electron chi connectivity index (χ4n) is 1.89. The van der Waals surface area contributed by atoms with Crippen molar-refractivity contribution >= 4 is 0 Å². The SMILES string of the molecule is CC([N]Cc1ccccc1)N1CCOCC1. The number of morpholine rings is 1. The Balaban J connectivity index is 1.76. The van der Waals surface area contributed by atoms with Gasteiger partial charge in [0, 0.05) is 19.6 Å². The lowest BCUT2D eigenvalue weighted by atomic mass is 10.2. The van der Waals surface area contributed by atoms with Crippen molar-refractivity contribution < 1.29 is 4.74 Å². The van der Waals surface area contributed by atoms with E-state index in [1.165, 1.54) is 5.56 Å². The summed E-state index contributed by atoms with van der Waals surface area (Å²) in [5, 5.41) is 4.69. The maximum absolute atomic E-state index is 5.33. The predicted molar refractivity (Wildman–Crippen MR) is 64.1 cm³/mol. The van der Waals surface area contributed by atoms with Crippen molar-refractivity contribution in [2.45, 2.75) is 19.6 Å². The highest BCUT2D eigenvalue weighted by Crippen LogP contribution is 2.04. The molecular weight excluding hydrogens is 200 g/mol. The van der Waals surface area contributed by atoms with Crippen molar-refractivity contribution in [3.63, 3.8) is 0 Å². The Hall–Kier alpha value is -0.900. The van der Waals surface area contributed by atoms with Crippen LogP contribution >= 0.6 is 0 Å². The Morgan fingerprint density at radius 3 is 2.62 bits per heavy atom. The zero-order valence-corrected chi connectivity index (χ0v) is 9.80. The molecule has 2 rings (SSSR count). The quantitative estimate of drug-likeness (QED) is 0.766. The van der Waals surface area contributed by atoms with Gasteiger partial charge in [-0.25, -0.2) is 5.32 Å². The molecule has 0 aliphatic carbocycles. The number of hydrogen-bond donors (Lipinski definition) is 0. The normalized spacial score (nSPS) is 19.6. The molecule has 0 spiro atoms. The van der Waals surface area contributed by atoms with Crippen molar-refractivity contribution in [3.8, 4) is 0 Å². The molecule has 0 saturated carbocycles. The molecule has 87 valence electrons. The molecule has 0 bridgehead atoms. The van der Waals surface area contributed by atoms with Crippen molar-refractivity contribution in [2.24, 2.45) is 0 Å². The largest absolute Gasteiger partial charge is 0.379 e. The molecule has 1 aliphatic rings. The summed E-state index contributed by atoms with van der Waals surface area (Å²) in [4.78, 5) is 2.37. The Morgan fingerprint density at radius 1 is 1.25 bits per heavy atom. The van der Waals surface area contributed by atoms with Crippen LogP contribution in [0.1, 0.15) is 12.5 Å². The fourth-order valence-corrected chi connectivity index (χ4v) is 1.89. The van der Waals surface area contributed by atoms with E-state index in [4.69, 9.17) is 4.74 Å². The lowest BCUT2D eigenvalue weighted by Gasteiger charge is -2.31. The van der Waals surface area contributed by atoms with Crippen molar-refractivity contribution in [2.75, 3.05) is 26.3 Å². The van der Waals surface area contributed by atoms with Gasteiger partial charge in [-0.1, -0.05) is 30.3 Å². The predicted octanol–water partition coefficient (Wildman–Crippen LogP) is 1.47. The summed E-state index contributed by atoms with van der Waals surface area (Å²) >= 11 is 0. The summed E-state index contributed by atoms with van der Waals surface area (Å²) < 4.78 is 5.33. The van der Waals surface area contributed by atoms with Gasteiger partial charge < -0.3 is 4.74 Å². The molecule has 1 atom stereocenters. The smallest absolute Gasteiger partial charge is 0.0737 e. The van der Waals surface area contributed by atoms with Crippen LogP contribution in [0.25, 0.3) is 0 Å². The summed E-state index contributed by atoms with van der Waals surface area (Å²) in [6, 6.07) is 10.4. The second-order valence-corrected chi connectivity index (χ2v) is 4.11. The Kier molecular flexibility index (Phi) is 4.34. The molecular formula is C13H19N2O. The molecule has 1 aromatic rings. The lowest BCUT2D eigenvalue weighted by molar-refractivity contribution is 0.0118. The number of nitrogens with zero attached hydrogens (tertiary/aromatic N) is 2. The highest BCUT2D eigenvalue weighted by atomic mass is 16.5. The van der Waals surface area contributed by atoms with Crippen molar-refractivity contribution in [1.82, 2.24) is 10.2 Å². The summed E-state index contributed by atoms with van der Waals surface area (Å²) in [6.45, 7) is 6.64. The molecule has 1 aliphatic heterocycles. The van der Waals surface area contributed by atoms with E-state index >= 15 is 0 Å². The molecule has 16 heavy (non-hydrogen) atoms. The van der Waals surface area contributed by atoms with Crippen LogP contribution in [-0.2, 0) is 11.3 Å². The van der Waals surface area contributed by atoms with E-state index in [9.17, 15) is 0 Å². The summed E-state index contributed by atoms with van der Waals surface area (Å²) in [7, 11) is 0. The molecule has 1 aromatic carbocycles. The molecule has 1 heterocycles. The third-order valence-electron chi connectivity index (χ3n) is 2.96. The van der Waals surface area contributed by atoms with Crippen LogP contribution in [0, 0.1) is 0 Å². The van der Waals surface area contributed by atoms with Crippen molar-refractivity contribution in [3.05, 3.63) is 35.9 Å². The van der Waals surface area contributed by atoms with Gasteiger partial charge in [0.05, 0.1) is 19.4 Å². The van der Waals surface area contributed by atoms with Crippen LogP contribution in [0.4, 0.5) is 0 Å². The lowest BCUT2D eigenvalue weighted by Crippen LogP contribution is -2.46. The van der Waals surface area contributed by atoms with E-state index in [0.29, 0.717) is 6.17 Å². The summed E-state index contributed by atoms with van der Waals surface area (Å²) in [5.74, 6) is 0. The Morgan fingerprint density at radius 2 is 1.94 bits per heavy atom. The minimum Gasteiger partial charge on any atom is -0.379 e. The summed E-state index contributed by atoms with van der Waals surface area (Å²) in [5.41, 5.74) is 1.28. The van der Waals surface area contributed by atoms with E-state index in [1.54, 1.807) is 0 Å². The standard InChI is InChI=1S/C13H19N2O/c1-12(15-7-9-16-10-8-15)14-11-13-5-3-2-4-6-13/h2-6,12H,7-11H2,1H3. The monoisotopic (exact) mass is 219 g/mol. The second-order valence-electron chi connectivity index (χ2n) is 4.11. The van der Waals surface area contributed by atoms with Gasteiger partial charge in [-0.15, -0.1) is 0 Å². The average molecular weight is 219 g/mol. The second kappa shape index (κ2) is 5.99. The van der Waals surface area contributed by atoms with E-state index < -0.39 is 0 Å². The van der Waals surface area contributed by atoms with Gasteiger partial charge >= 0.3 is 0 Å². The highest BCUT2D eigenvalue weighted by molar-refractivity contribution is 5.14. The molecule has 1 fully saturated rings. The molecule has 3 heteroatoms. The zero-order chi connectivity index (χ0) is 11.2. The topological polar surface area (TPSA) is 26.6 Å². The van der Waals surface area contributed by atoms with Crippen LogP contribution < -0.4 is 5.32 Å². The summed E-state index contributed by atoms with van der Waals surface area (Å²) in [6.07, 6.45) is 0.295. The maximum Gasteiger partial charge on any atom is 0.0737 e. The first-order chi connectivity index (χ1) is 7.86. The van der Waals surface area contributed by atoms with E-state index in [1.807, 2.05) is 6.07 Å². The fraction of sp³-hybridized carbons (Fsp3) is 0.538. The third kappa shape index (κ3) is 3.30. The van der Waals surface area contributed by atoms with Crippen molar-refractivity contribution in [1.29, 1.82) is 0 Å². The first-order valence-corrected chi connectivity index (χ1v) is 5.88. The molecule has 1 saturated heterocycles. The van der Waals surface area contributed by atoms with Gasteiger partial charge in [-0.2, -0.15) is 0 Å². The minimum absolute atomic E-state index is 0.295. The number of ether oxygens (including phenoxy) is 1. The average Bonchev–Trinajstić information content (AvgIpc) is 2.38. The molecule has 0 amide bonds. The van der Waals surface area contributed by atoms with E-state index in [-0.39, 0.29) is 0 Å². The zero-order valence-electron chi connectivity index (χ0n) is 9.80. The molecule has 0 aromatic heterocycles. The van der Waals surface area contributed by atoms with Gasteiger partial charge in [0.2, 0.25) is 0 Å². The highest BCUT2D eigenvalue weighted by Gasteiger charge is 2.16. The van der Waals surface area contributed by atoms with Gasteiger partial charge in [-0.3, -0.25) is 4.90 Å². The molecule has 0 N–H and O–H groups in total. The van der Waals surface area contributed by atoms with Crippen LogP contribution in [0.3, 0.4) is 0 Å². The number of benzene rings is 1. The van der Waals surface area contributed by atoms with Gasteiger partial charge in [0.15, 0.2) is 0 Å².